The fraction of sp³-hybridized carbons (Fsp3) is 0.308. The lowest BCUT2D eigenvalue weighted by Crippen LogP contribution is -2.26. The van der Waals surface area contributed by atoms with E-state index in [1.165, 1.54) is 12.1 Å². The number of ether oxygens (including phenoxy) is 1. The molecule has 1 aromatic heterocycles. The van der Waals surface area contributed by atoms with Gasteiger partial charge < -0.3 is 9.72 Å². The van der Waals surface area contributed by atoms with Crippen LogP contribution in [0.3, 0.4) is 0 Å². The molecule has 0 aliphatic carbocycles. The van der Waals surface area contributed by atoms with E-state index in [1.807, 2.05) is 0 Å². The Labute approximate surface area is 103 Å². The molecule has 5 heteroatoms. The molecular formula is C13H13FN2O2. The van der Waals surface area contributed by atoms with Crippen LogP contribution in [0, 0.1) is 5.82 Å². The van der Waals surface area contributed by atoms with E-state index in [-0.39, 0.29) is 11.9 Å². The smallest absolute Gasteiger partial charge is 0.410 e. The summed E-state index contributed by atoms with van der Waals surface area (Å²) in [5, 5.41) is 0.844. The number of aromatic nitrogens is 1. The summed E-state index contributed by atoms with van der Waals surface area (Å²) >= 11 is 0. The number of nitrogens with one attached hydrogen (secondary N) is 1. The topological polar surface area (TPSA) is 45.3 Å². The van der Waals surface area contributed by atoms with E-state index < -0.39 is 0 Å². The van der Waals surface area contributed by atoms with Crippen LogP contribution in [-0.4, -0.2) is 22.6 Å². The molecule has 1 aliphatic heterocycles. The van der Waals surface area contributed by atoms with Gasteiger partial charge in [-0.1, -0.05) is 0 Å². The molecule has 3 rings (SSSR count). The van der Waals surface area contributed by atoms with Crippen LogP contribution < -0.4 is 0 Å². The fourth-order valence-electron chi connectivity index (χ4n) is 2.37. The molecule has 2 aromatic rings. The van der Waals surface area contributed by atoms with E-state index in [9.17, 15) is 9.18 Å². The molecule has 4 nitrogen and oxygen atoms in total. The third-order valence-electron chi connectivity index (χ3n) is 3.18. The molecule has 0 atom stereocenters. The molecule has 2 heterocycles. The number of hydrogen-bond donors (Lipinski definition) is 1. The highest BCUT2D eigenvalue weighted by Gasteiger charge is 2.27. The Hall–Kier alpha value is -2.04. The first kappa shape index (κ1) is 11.1. The molecule has 0 unspecified atom stereocenters. The number of benzene rings is 1. The first-order valence-electron chi connectivity index (χ1n) is 5.89. The second-order valence-electron chi connectivity index (χ2n) is 4.33. The maximum absolute atomic E-state index is 13.2. The van der Waals surface area contributed by atoms with Crippen molar-refractivity contribution in [2.45, 2.75) is 20.0 Å². The number of hydrogen-bond acceptors (Lipinski definition) is 2. The largest absolute Gasteiger partial charge is 0.450 e. The summed E-state index contributed by atoms with van der Waals surface area (Å²) < 4.78 is 18.2. The lowest BCUT2D eigenvalue weighted by molar-refractivity contribution is 0.106. The summed E-state index contributed by atoms with van der Waals surface area (Å²) in [6.45, 7) is 3.10. The predicted octanol–water partition coefficient (Wildman–Crippen LogP) is 2.78. The number of amides is 1. The van der Waals surface area contributed by atoms with Crippen molar-refractivity contribution in [1.82, 2.24) is 9.88 Å². The van der Waals surface area contributed by atoms with Gasteiger partial charge in [-0.2, -0.15) is 0 Å². The highest BCUT2D eigenvalue weighted by Crippen LogP contribution is 2.30. The predicted molar refractivity (Wildman–Crippen MR) is 64.5 cm³/mol. The van der Waals surface area contributed by atoms with Gasteiger partial charge in [0.25, 0.3) is 0 Å². The second-order valence-corrected chi connectivity index (χ2v) is 4.33. The lowest BCUT2D eigenvalue weighted by Gasteiger charge is -2.14. The first-order chi connectivity index (χ1) is 8.69. The van der Waals surface area contributed by atoms with E-state index in [0.717, 1.165) is 22.2 Å². The van der Waals surface area contributed by atoms with Gasteiger partial charge in [-0.25, -0.2) is 9.18 Å². The Bertz CT molecular complexity index is 621. The van der Waals surface area contributed by atoms with Crippen molar-refractivity contribution in [3.8, 4) is 0 Å². The van der Waals surface area contributed by atoms with E-state index in [0.29, 0.717) is 19.7 Å². The third kappa shape index (κ3) is 1.63. The molecule has 1 aliphatic rings. The Kier molecular flexibility index (Phi) is 2.47. The van der Waals surface area contributed by atoms with Gasteiger partial charge in [0.1, 0.15) is 5.82 Å². The molecule has 0 saturated heterocycles. The van der Waals surface area contributed by atoms with Crippen molar-refractivity contribution in [2.24, 2.45) is 0 Å². The van der Waals surface area contributed by atoms with Gasteiger partial charge in [0.2, 0.25) is 0 Å². The van der Waals surface area contributed by atoms with Crippen molar-refractivity contribution < 1.29 is 13.9 Å². The first-order valence-corrected chi connectivity index (χ1v) is 5.89. The zero-order chi connectivity index (χ0) is 12.7. The van der Waals surface area contributed by atoms with E-state index in [2.05, 4.69) is 4.98 Å². The molecule has 18 heavy (non-hydrogen) atoms. The normalized spacial score (nSPS) is 14.0. The highest BCUT2D eigenvalue weighted by molar-refractivity contribution is 5.86. The zero-order valence-corrected chi connectivity index (χ0v) is 10.00. The molecule has 94 valence electrons. The Morgan fingerprint density at radius 2 is 2.33 bits per heavy atom. The standard InChI is InChI=1S/C13H13FN2O2/c1-2-18-13(17)16-6-10-9-5-8(14)3-4-11(9)15-12(10)7-16/h3-5,15H,2,6-7H2,1H3. The monoisotopic (exact) mass is 248 g/mol. The van der Waals surface area contributed by atoms with Gasteiger partial charge in [0.15, 0.2) is 0 Å². The van der Waals surface area contributed by atoms with Crippen LogP contribution in [0.2, 0.25) is 0 Å². The van der Waals surface area contributed by atoms with Crippen LogP contribution >= 0.6 is 0 Å². The average molecular weight is 248 g/mol. The number of rotatable bonds is 1. The zero-order valence-electron chi connectivity index (χ0n) is 10.00. The van der Waals surface area contributed by atoms with Gasteiger partial charge in [-0.3, -0.25) is 4.90 Å². The molecule has 0 fully saturated rings. The fourth-order valence-corrected chi connectivity index (χ4v) is 2.37. The quantitative estimate of drug-likeness (QED) is 0.843. The summed E-state index contributed by atoms with van der Waals surface area (Å²) in [4.78, 5) is 16.5. The third-order valence-corrected chi connectivity index (χ3v) is 3.18. The highest BCUT2D eigenvalue weighted by atomic mass is 19.1. The summed E-state index contributed by atoms with van der Waals surface area (Å²) in [6, 6.07) is 4.65. The van der Waals surface area contributed by atoms with E-state index in [1.54, 1.807) is 17.9 Å². The van der Waals surface area contributed by atoms with E-state index >= 15 is 0 Å². The van der Waals surface area contributed by atoms with Crippen molar-refractivity contribution in [3.05, 3.63) is 35.3 Å². The number of H-pyrrole nitrogens is 1. The van der Waals surface area contributed by atoms with Crippen LogP contribution in [0.1, 0.15) is 18.2 Å². The van der Waals surface area contributed by atoms with Crippen molar-refractivity contribution in [3.63, 3.8) is 0 Å². The van der Waals surface area contributed by atoms with Gasteiger partial charge in [-0.15, -0.1) is 0 Å². The minimum Gasteiger partial charge on any atom is -0.450 e. The number of carbonyl (C=O) groups excluding carboxylic acids is 1. The van der Waals surface area contributed by atoms with Gasteiger partial charge in [0.05, 0.1) is 19.7 Å². The van der Waals surface area contributed by atoms with Crippen molar-refractivity contribution >= 4 is 17.0 Å². The minimum absolute atomic E-state index is 0.265. The maximum Gasteiger partial charge on any atom is 0.410 e. The average Bonchev–Trinajstić information content (AvgIpc) is 2.87. The van der Waals surface area contributed by atoms with Crippen molar-refractivity contribution in [2.75, 3.05) is 6.61 Å². The van der Waals surface area contributed by atoms with Gasteiger partial charge in [0, 0.05) is 22.2 Å². The molecular weight excluding hydrogens is 235 g/mol. The Morgan fingerprint density at radius 1 is 1.50 bits per heavy atom. The Morgan fingerprint density at radius 3 is 3.11 bits per heavy atom. The minimum atomic E-state index is -0.327. The molecule has 0 saturated carbocycles. The molecule has 1 N–H and O–H groups in total. The number of nitrogens with zero attached hydrogens (tertiary/aromatic N) is 1. The molecule has 1 aromatic carbocycles. The van der Waals surface area contributed by atoms with Crippen LogP contribution in [0.15, 0.2) is 18.2 Å². The lowest BCUT2D eigenvalue weighted by atomic mass is 10.1. The second kappa shape index (κ2) is 4.01. The summed E-state index contributed by atoms with van der Waals surface area (Å²) in [5.74, 6) is -0.265. The van der Waals surface area contributed by atoms with Crippen LogP contribution in [0.25, 0.3) is 10.9 Å². The van der Waals surface area contributed by atoms with Crippen LogP contribution in [0.4, 0.5) is 9.18 Å². The van der Waals surface area contributed by atoms with Crippen LogP contribution in [0.5, 0.6) is 0 Å². The number of halogens is 1. The summed E-state index contributed by atoms with van der Waals surface area (Å²) in [7, 11) is 0. The van der Waals surface area contributed by atoms with Crippen LogP contribution in [-0.2, 0) is 17.8 Å². The number of aromatic amines is 1. The SMILES string of the molecule is CCOC(=O)N1Cc2[nH]c3ccc(F)cc3c2C1. The molecule has 0 radical (unpaired) electrons. The van der Waals surface area contributed by atoms with Gasteiger partial charge in [-0.05, 0) is 25.1 Å². The summed E-state index contributed by atoms with van der Waals surface area (Å²) in [5.41, 5.74) is 2.85. The van der Waals surface area contributed by atoms with Gasteiger partial charge >= 0.3 is 6.09 Å². The molecule has 0 bridgehead atoms. The number of fused-ring (bicyclic) bond motifs is 3. The molecule has 0 spiro atoms. The maximum atomic E-state index is 13.2. The Balaban J connectivity index is 1.94. The van der Waals surface area contributed by atoms with Crippen molar-refractivity contribution in [1.29, 1.82) is 0 Å². The molecule has 1 amide bonds. The number of carbonyl (C=O) groups is 1. The summed E-state index contributed by atoms with van der Waals surface area (Å²) in [6.07, 6.45) is -0.327. The van der Waals surface area contributed by atoms with E-state index in [4.69, 9.17) is 4.74 Å².